The average molecular weight is 182 g/mol. The molecule has 76 valence electrons. The minimum atomic E-state index is -0.0438. The third-order valence-corrected chi connectivity index (χ3v) is 3.15. The molecular formula is C12H22O. The van der Waals surface area contributed by atoms with Crippen LogP contribution in [0.3, 0.4) is 0 Å². The van der Waals surface area contributed by atoms with E-state index < -0.39 is 0 Å². The maximum atomic E-state index is 12.0. The number of ketones is 1. The number of hydrogen-bond donors (Lipinski definition) is 0. The van der Waals surface area contributed by atoms with Crippen LogP contribution in [-0.4, -0.2) is 5.78 Å². The molecule has 0 aromatic carbocycles. The Kier molecular flexibility index (Phi) is 3.15. The summed E-state index contributed by atoms with van der Waals surface area (Å²) >= 11 is 0. The van der Waals surface area contributed by atoms with Gasteiger partial charge in [0.25, 0.3) is 0 Å². The normalized spacial score (nSPS) is 28.1. The maximum Gasteiger partial charge on any atom is 0.141 e. The summed E-state index contributed by atoms with van der Waals surface area (Å²) in [6.45, 7) is 8.60. The van der Waals surface area contributed by atoms with E-state index in [9.17, 15) is 4.79 Å². The Labute approximate surface area is 81.9 Å². The lowest BCUT2D eigenvalue weighted by Gasteiger charge is -2.34. The fourth-order valence-corrected chi connectivity index (χ4v) is 2.39. The predicted octanol–water partition coefficient (Wildman–Crippen LogP) is 3.43. The quantitative estimate of drug-likeness (QED) is 0.639. The van der Waals surface area contributed by atoms with Crippen LogP contribution in [0.4, 0.5) is 0 Å². The van der Waals surface area contributed by atoms with Crippen LogP contribution in [0.1, 0.15) is 53.4 Å². The van der Waals surface area contributed by atoms with E-state index in [2.05, 4.69) is 27.7 Å². The van der Waals surface area contributed by atoms with Gasteiger partial charge in [-0.15, -0.1) is 0 Å². The molecule has 1 heteroatoms. The van der Waals surface area contributed by atoms with Crippen molar-refractivity contribution in [2.75, 3.05) is 0 Å². The van der Waals surface area contributed by atoms with E-state index in [1.54, 1.807) is 0 Å². The van der Waals surface area contributed by atoms with Gasteiger partial charge in [-0.25, -0.2) is 0 Å². The lowest BCUT2D eigenvalue weighted by atomic mass is 9.69. The van der Waals surface area contributed by atoms with Gasteiger partial charge in [0.1, 0.15) is 5.78 Å². The molecule has 0 aromatic rings. The van der Waals surface area contributed by atoms with Crippen molar-refractivity contribution in [2.24, 2.45) is 17.3 Å². The molecule has 0 heterocycles. The minimum absolute atomic E-state index is 0.0438. The van der Waals surface area contributed by atoms with Crippen LogP contribution in [0.15, 0.2) is 0 Å². The highest BCUT2D eigenvalue weighted by molar-refractivity contribution is 5.86. The molecule has 0 N–H and O–H groups in total. The molecule has 0 amide bonds. The van der Waals surface area contributed by atoms with Crippen molar-refractivity contribution in [3.05, 3.63) is 0 Å². The van der Waals surface area contributed by atoms with Gasteiger partial charge in [-0.1, -0.05) is 34.1 Å². The first-order valence-corrected chi connectivity index (χ1v) is 5.48. The second-order valence-electron chi connectivity index (χ2n) is 5.47. The molecular weight excluding hydrogens is 160 g/mol. The van der Waals surface area contributed by atoms with Crippen LogP contribution < -0.4 is 0 Å². The summed E-state index contributed by atoms with van der Waals surface area (Å²) in [4.78, 5) is 12.0. The van der Waals surface area contributed by atoms with E-state index in [1.807, 2.05) is 0 Å². The van der Waals surface area contributed by atoms with Crippen LogP contribution in [-0.2, 0) is 4.79 Å². The first-order valence-electron chi connectivity index (χ1n) is 5.48. The first kappa shape index (κ1) is 10.7. The molecule has 1 aliphatic carbocycles. The van der Waals surface area contributed by atoms with E-state index in [4.69, 9.17) is 0 Å². The zero-order valence-electron chi connectivity index (χ0n) is 9.39. The van der Waals surface area contributed by atoms with Crippen molar-refractivity contribution >= 4 is 5.78 Å². The fraction of sp³-hybridized carbons (Fsp3) is 0.917. The van der Waals surface area contributed by atoms with Gasteiger partial charge in [-0.05, 0) is 25.2 Å². The molecule has 0 radical (unpaired) electrons. The third kappa shape index (κ3) is 2.55. The fourth-order valence-electron chi connectivity index (χ4n) is 2.39. The average Bonchev–Trinajstić information content (AvgIpc) is 1.98. The van der Waals surface area contributed by atoms with Crippen molar-refractivity contribution in [1.82, 2.24) is 0 Å². The van der Waals surface area contributed by atoms with Crippen molar-refractivity contribution in [3.8, 4) is 0 Å². The molecule has 1 fully saturated rings. The van der Waals surface area contributed by atoms with Crippen LogP contribution in [0.25, 0.3) is 0 Å². The summed E-state index contributed by atoms with van der Waals surface area (Å²) in [5, 5.41) is 0. The smallest absolute Gasteiger partial charge is 0.141 e. The Morgan fingerprint density at radius 2 is 2.08 bits per heavy atom. The van der Waals surface area contributed by atoms with E-state index in [0.29, 0.717) is 17.6 Å². The molecule has 1 aliphatic rings. The maximum absolute atomic E-state index is 12.0. The Morgan fingerprint density at radius 1 is 1.46 bits per heavy atom. The SMILES string of the molecule is CC(C)CC1CCCC(C)(C)C1=O. The molecule has 1 unspecified atom stereocenters. The number of Topliss-reactive ketones (excluding diaryl/α,β-unsaturated/α-hetero) is 1. The Morgan fingerprint density at radius 3 is 2.62 bits per heavy atom. The lowest BCUT2D eigenvalue weighted by Crippen LogP contribution is -2.35. The van der Waals surface area contributed by atoms with Crippen LogP contribution in [0, 0.1) is 17.3 Å². The predicted molar refractivity (Wildman–Crippen MR) is 55.6 cm³/mol. The van der Waals surface area contributed by atoms with E-state index in [1.165, 1.54) is 6.42 Å². The minimum Gasteiger partial charge on any atom is -0.299 e. The van der Waals surface area contributed by atoms with Gasteiger partial charge < -0.3 is 0 Å². The number of carbonyl (C=O) groups is 1. The monoisotopic (exact) mass is 182 g/mol. The zero-order chi connectivity index (χ0) is 10.1. The summed E-state index contributed by atoms with van der Waals surface area (Å²) in [6, 6.07) is 0. The molecule has 0 spiro atoms. The Hall–Kier alpha value is -0.330. The van der Waals surface area contributed by atoms with Crippen LogP contribution in [0.5, 0.6) is 0 Å². The van der Waals surface area contributed by atoms with Gasteiger partial charge in [0.05, 0.1) is 0 Å². The molecule has 1 saturated carbocycles. The van der Waals surface area contributed by atoms with Crippen LogP contribution >= 0.6 is 0 Å². The first-order chi connectivity index (χ1) is 5.93. The van der Waals surface area contributed by atoms with Crippen molar-refractivity contribution in [2.45, 2.75) is 53.4 Å². The molecule has 0 saturated heterocycles. The third-order valence-electron chi connectivity index (χ3n) is 3.15. The second-order valence-corrected chi connectivity index (χ2v) is 5.47. The Balaban J connectivity index is 2.61. The molecule has 1 atom stereocenters. The van der Waals surface area contributed by atoms with Gasteiger partial charge in [-0.3, -0.25) is 4.79 Å². The molecule has 0 bridgehead atoms. The second kappa shape index (κ2) is 3.81. The summed E-state index contributed by atoms with van der Waals surface area (Å²) in [6.07, 6.45) is 4.53. The largest absolute Gasteiger partial charge is 0.299 e. The highest BCUT2D eigenvalue weighted by Crippen LogP contribution is 2.37. The summed E-state index contributed by atoms with van der Waals surface area (Å²) < 4.78 is 0. The van der Waals surface area contributed by atoms with E-state index in [0.717, 1.165) is 19.3 Å². The van der Waals surface area contributed by atoms with Gasteiger partial charge >= 0.3 is 0 Å². The molecule has 0 aliphatic heterocycles. The topological polar surface area (TPSA) is 17.1 Å². The van der Waals surface area contributed by atoms with Gasteiger partial charge in [0.2, 0.25) is 0 Å². The Bertz CT molecular complexity index is 191. The summed E-state index contributed by atoms with van der Waals surface area (Å²) in [5.74, 6) is 1.51. The van der Waals surface area contributed by atoms with E-state index >= 15 is 0 Å². The van der Waals surface area contributed by atoms with Crippen molar-refractivity contribution < 1.29 is 4.79 Å². The van der Waals surface area contributed by atoms with E-state index in [-0.39, 0.29) is 5.41 Å². The zero-order valence-corrected chi connectivity index (χ0v) is 9.39. The lowest BCUT2D eigenvalue weighted by molar-refractivity contribution is -0.134. The van der Waals surface area contributed by atoms with Gasteiger partial charge in [0, 0.05) is 11.3 Å². The molecule has 0 aromatic heterocycles. The molecule has 13 heavy (non-hydrogen) atoms. The molecule has 1 nitrogen and oxygen atoms in total. The summed E-state index contributed by atoms with van der Waals surface area (Å²) in [5.41, 5.74) is -0.0438. The highest BCUT2D eigenvalue weighted by atomic mass is 16.1. The standard InChI is InChI=1S/C12H22O/c1-9(2)8-10-6-5-7-12(3,4)11(10)13/h9-10H,5-8H2,1-4H3. The van der Waals surface area contributed by atoms with Crippen molar-refractivity contribution in [3.63, 3.8) is 0 Å². The number of rotatable bonds is 2. The number of carbonyl (C=O) groups excluding carboxylic acids is 1. The molecule has 1 rings (SSSR count). The summed E-state index contributed by atoms with van der Waals surface area (Å²) in [7, 11) is 0. The van der Waals surface area contributed by atoms with Crippen LogP contribution in [0.2, 0.25) is 0 Å². The highest BCUT2D eigenvalue weighted by Gasteiger charge is 2.36. The number of hydrogen-bond acceptors (Lipinski definition) is 1. The van der Waals surface area contributed by atoms with Crippen molar-refractivity contribution in [1.29, 1.82) is 0 Å². The van der Waals surface area contributed by atoms with Gasteiger partial charge in [-0.2, -0.15) is 0 Å². The van der Waals surface area contributed by atoms with Gasteiger partial charge in [0.15, 0.2) is 0 Å².